The van der Waals surface area contributed by atoms with Crippen molar-refractivity contribution in [2.75, 3.05) is 13.7 Å². The van der Waals surface area contributed by atoms with Crippen LogP contribution in [0.3, 0.4) is 0 Å². The van der Waals surface area contributed by atoms with Gasteiger partial charge in [-0.15, -0.1) is 0 Å². The molecule has 8 heteroatoms. The highest BCUT2D eigenvalue weighted by Crippen LogP contribution is 2.30. The summed E-state index contributed by atoms with van der Waals surface area (Å²) >= 11 is 0. The number of hydrogen-bond donors (Lipinski definition) is 1. The topological polar surface area (TPSA) is 92.8 Å². The van der Waals surface area contributed by atoms with Crippen LogP contribution in [0.4, 0.5) is 0 Å². The fourth-order valence-electron chi connectivity index (χ4n) is 4.91. The minimum absolute atomic E-state index is 0.0567. The SMILES string of the molecule is CNS(=O)(=O)c1ccc(CCC(=O)OCC(=O)N(C2CCCCC2)C2CCCCC2)cc1. The van der Waals surface area contributed by atoms with E-state index in [4.69, 9.17) is 4.74 Å². The predicted molar refractivity (Wildman–Crippen MR) is 123 cm³/mol. The van der Waals surface area contributed by atoms with Crippen molar-refractivity contribution in [3.05, 3.63) is 29.8 Å². The number of ether oxygens (including phenoxy) is 1. The van der Waals surface area contributed by atoms with E-state index in [1.165, 1.54) is 32.0 Å². The number of carbonyl (C=O) groups is 2. The second-order valence-corrected chi connectivity index (χ2v) is 10.8. The fourth-order valence-corrected chi connectivity index (χ4v) is 5.64. The Balaban J connectivity index is 1.50. The van der Waals surface area contributed by atoms with Gasteiger partial charge in [0.1, 0.15) is 0 Å². The number of rotatable bonds is 9. The van der Waals surface area contributed by atoms with Crippen LogP contribution in [0.2, 0.25) is 0 Å². The predicted octanol–water partition coefficient (Wildman–Crippen LogP) is 3.56. The van der Waals surface area contributed by atoms with Gasteiger partial charge in [0.2, 0.25) is 10.0 Å². The lowest BCUT2D eigenvalue weighted by molar-refractivity contribution is -0.155. The molecular formula is C24H36N2O5S. The molecule has 1 aromatic carbocycles. The summed E-state index contributed by atoms with van der Waals surface area (Å²) < 4.78 is 31.2. The van der Waals surface area contributed by atoms with Gasteiger partial charge in [-0.25, -0.2) is 13.1 Å². The smallest absolute Gasteiger partial charge is 0.306 e. The first-order chi connectivity index (χ1) is 15.4. The Kier molecular flexibility index (Phi) is 9.11. The van der Waals surface area contributed by atoms with Gasteiger partial charge in [0.15, 0.2) is 6.61 Å². The van der Waals surface area contributed by atoms with E-state index < -0.39 is 16.0 Å². The number of sulfonamides is 1. The highest BCUT2D eigenvalue weighted by Gasteiger charge is 2.32. The maximum absolute atomic E-state index is 13.1. The molecule has 178 valence electrons. The van der Waals surface area contributed by atoms with Gasteiger partial charge in [0, 0.05) is 18.5 Å². The lowest BCUT2D eigenvalue weighted by Crippen LogP contribution is -2.50. The Morgan fingerprint density at radius 2 is 1.47 bits per heavy atom. The van der Waals surface area contributed by atoms with Crippen molar-refractivity contribution in [1.29, 1.82) is 0 Å². The van der Waals surface area contributed by atoms with E-state index in [0.717, 1.165) is 56.9 Å². The molecule has 0 heterocycles. The van der Waals surface area contributed by atoms with Crippen molar-refractivity contribution in [2.24, 2.45) is 0 Å². The zero-order valence-corrected chi connectivity index (χ0v) is 19.9. The largest absolute Gasteiger partial charge is 0.456 e. The number of amides is 1. The molecule has 1 N–H and O–H groups in total. The van der Waals surface area contributed by atoms with Gasteiger partial charge < -0.3 is 9.64 Å². The van der Waals surface area contributed by atoms with Gasteiger partial charge in [-0.3, -0.25) is 9.59 Å². The molecule has 2 saturated carbocycles. The molecule has 0 aliphatic heterocycles. The molecule has 0 aromatic heterocycles. The number of aryl methyl sites for hydroxylation is 1. The van der Waals surface area contributed by atoms with Gasteiger partial charge >= 0.3 is 5.97 Å². The molecule has 2 aliphatic rings. The molecule has 0 unspecified atom stereocenters. The Labute approximate surface area is 191 Å². The van der Waals surface area contributed by atoms with E-state index in [9.17, 15) is 18.0 Å². The van der Waals surface area contributed by atoms with Crippen molar-refractivity contribution < 1.29 is 22.7 Å². The van der Waals surface area contributed by atoms with E-state index in [1.54, 1.807) is 12.1 Å². The molecule has 0 saturated heterocycles. The normalized spacial score (nSPS) is 18.3. The van der Waals surface area contributed by atoms with Crippen LogP contribution in [0.25, 0.3) is 0 Å². The second kappa shape index (κ2) is 11.8. The lowest BCUT2D eigenvalue weighted by atomic mass is 9.88. The zero-order chi connectivity index (χ0) is 23.0. The van der Waals surface area contributed by atoms with Crippen molar-refractivity contribution in [3.8, 4) is 0 Å². The van der Waals surface area contributed by atoms with E-state index in [-0.39, 0.29) is 35.9 Å². The number of hydrogen-bond acceptors (Lipinski definition) is 5. The first kappa shape index (κ1) is 24.7. The van der Waals surface area contributed by atoms with Crippen molar-refractivity contribution >= 4 is 21.9 Å². The van der Waals surface area contributed by atoms with E-state index in [0.29, 0.717) is 6.42 Å². The summed E-state index contributed by atoms with van der Waals surface area (Å²) in [5, 5.41) is 0. The van der Waals surface area contributed by atoms with Crippen LogP contribution in [-0.2, 0) is 30.8 Å². The van der Waals surface area contributed by atoms with Gasteiger partial charge in [0.05, 0.1) is 4.90 Å². The molecule has 0 spiro atoms. The van der Waals surface area contributed by atoms with E-state index in [2.05, 4.69) is 9.62 Å². The molecule has 3 rings (SSSR count). The summed E-state index contributed by atoms with van der Waals surface area (Å²) in [5.74, 6) is -0.462. The summed E-state index contributed by atoms with van der Waals surface area (Å²) in [5.41, 5.74) is 0.842. The van der Waals surface area contributed by atoms with Crippen LogP contribution in [0, 0.1) is 0 Å². The Morgan fingerprint density at radius 3 is 1.97 bits per heavy atom. The molecule has 1 amide bonds. The quantitative estimate of drug-likeness (QED) is 0.564. The Bertz CT molecular complexity index is 839. The standard InChI is InChI=1S/C24H36N2O5S/c1-25-32(29,30)22-15-12-19(13-16-22)14-17-24(28)31-18-23(27)26(20-8-4-2-5-9-20)21-10-6-3-7-11-21/h12-13,15-16,20-21,25H,2-11,14,17-18H2,1H3. The third kappa shape index (κ3) is 6.78. The number of benzene rings is 1. The number of nitrogens with zero attached hydrogens (tertiary/aromatic N) is 1. The molecule has 7 nitrogen and oxygen atoms in total. The minimum Gasteiger partial charge on any atom is -0.456 e. The summed E-state index contributed by atoms with van der Waals surface area (Å²) in [4.78, 5) is 27.6. The molecule has 2 aliphatic carbocycles. The van der Waals surface area contributed by atoms with E-state index in [1.807, 2.05) is 0 Å². The van der Waals surface area contributed by atoms with E-state index >= 15 is 0 Å². The monoisotopic (exact) mass is 464 g/mol. The Hall–Kier alpha value is -1.93. The molecule has 1 aromatic rings. The molecule has 0 atom stereocenters. The number of esters is 1. The average molecular weight is 465 g/mol. The maximum Gasteiger partial charge on any atom is 0.306 e. The van der Waals surface area contributed by atoms with Crippen LogP contribution in [0.15, 0.2) is 29.2 Å². The molecular weight excluding hydrogens is 428 g/mol. The van der Waals surface area contributed by atoms with Gasteiger partial charge in [-0.1, -0.05) is 50.7 Å². The first-order valence-corrected chi connectivity index (χ1v) is 13.4. The average Bonchev–Trinajstić information content (AvgIpc) is 2.83. The summed E-state index contributed by atoms with van der Waals surface area (Å²) in [6.45, 7) is -0.189. The highest BCUT2D eigenvalue weighted by molar-refractivity contribution is 7.89. The third-order valence-electron chi connectivity index (χ3n) is 6.70. The van der Waals surface area contributed by atoms with Crippen molar-refractivity contribution in [2.45, 2.75) is 94.0 Å². The zero-order valence-electron chi connectivity index (χ0n) is 19.1. The van der Waals surface area contributed by atoms with Crippen LogP contribution >= 0.6 is 0 Å². The number of nitrogens with one attached hydrogen (secondary N) is 1. The first-order valence-electron chi connectivity index (χ1n) is 11.9. The third-order valence-corrected chi connectivity index (χ3v) is 8.13. The lowest BCUT2D eigenvalue weighted by Gasteiger charge is -2.41. The van der Waals surface area contributed by atoms with Crippen LogP contribution in [-0.4, -0.2) is 50.9 Å². The number of carbonyl (C=O) groups excluding carboxylic acids is 2. The highest BCUT2D eigenvalue weighted by atomic mass is 32.2. The van der Waals surface area contributed by atoms with Crippen molar-refractivity contribution in [1.82, 2.24) is 9.62 Å². The second-order valence-electron chi connectivity index (χ2n) is 8.90. The van der Waals surface area contributed by atoms with Gasteiger partial charge in [0.25, 0.3) is 5.91 Å². The fraction of sp³-hybridized carbons (Fsp3) is 0.667. The maximum atomic E-state index is 13.1. The van der Waals surface area contributed by atoms with Crippen LogP contribution in [0.5, 0.6) is 0 Å². The molecule has 0 bridgehead atoms. The summed E-state index contributed by atoms with van der Waals surface area (Å²) in [6.07, 6.45) is 11.9. The van der Waals surface area contributed by atoms with Gasteiger partial charge in [-0.2, -0.15) is 0 Å². The molecule has 0 radical (unpaired) electrons. The minimum atomic E-state index is -3.48. The summed E-state index contributed by atoms with van der Waals surface area (Å²) in [7, 11) is -2.11. The summed E-state index contributed by atoms with van der Waals surface area (Å²) in [6, 6.07) is 6.98. The van der Waals surface area contributed by atoms with Crippen molar-refractivity contribution in [3.63, 3.8) is 0 Å². The molecule has 32 heavy (non-hydrogen) atoms. The molecule has 2 fully saturated rings. The van der Waals surface area contributed by atoms with Crippen LogP contribution in [0.1, 0.15) is 76.2 Å². The Morgan fingerprint density at radius 1 is 0.938 bits per heavy atom. The van der Waals surface area contributed by atoms with Gasteiger partial charge in [-0.05, 0) is 56.8 Å². The van der Waals surface area contributed by atoms with Crippen LogP contribution < -0.4 is 4.72 Å².